The second kappa shape index (κ2) is 11.5. The molecular weight excluding hydrogens is 417 g/mol. The first-order valence-electron chi connectivity index (χ1n) is 8.55. The number of aliphatic imine (C=N–C) groups is 1. The van der Waals surface area contributed by atoms with E-state index in [1.165, 1.54) is 25.7 Å². The van der Waals surface area contributed by atoms with Crippen LogP contribution in [-0.2, 0) is 4.74 Å². The Morgan fingerprint density at radius 1 is 1.29 bits per heavy atom. The number of rotatable bonds is 8. The SMILES string of the molecule is CCOC(CCN=C(N)Nc1ccc(OC)cc1)C1CCCC1.I. The Morgan fingerprint density at radius 3 is 2.54 bits per heavy atom. The molecule has 24 heavy (non-hydrogen) atoms. The fourth-order valence-corrected chi connectivity index (χ4v) is 3.17. The van der Waals surface area contributed by atoms with Crippen molar-refractivity contribution in [3.63, 3.8) is 0 Å². The molecule has 0 saturated heterocycles. The number of methoxy groups -OCH3 is 1. The molecule has 1 atom stereocenters. The first-order valence-corrected chi connectivity index (χ1v) is 8.55. The van der Waals surface area contributed by atoms with Crippen LogP contribution in [-0.4, -0.2) is 32.3 Å². The average Bonchev–Trinajstić information content (AvgIpc) is 3.09. The fraction of sp³-hybridized carbons (Fsp3) is 0.611. The lowest BCUT2D eigenvalue weighted by Crippen LogP contribution is -2.26. The fourth-order valence-electron chi connectivity index (χ4n) is 3.17. The molecule has 5 nitrogen and oxygen atoms in total. The first kappa shape index (κ1) is 21.0. The van der Waals surface area contributed by atoms with Crippen LogP contribution >= 0.6 is 24.0 Å². The molecule has 0 spiro atoms. The molecule has 1 fully saturated rings. The minimum absolute atomic E-state index is 0. The number of nitrogens with zero attached hydrogens (tertiary/aromatic N) is 1. The number of anilines is 1. The second-order valence-corrected chi connectivity index (χ2v) is 5.95. The molecule has 0 bridgehead atoms. The van der Waals surface area contributed by atoms with Crippen LogP contribution in [0.25, 0.3) is 0 Å². The topological polar surface area (TPSA) is 68.9 Å². The normalized spacial score (nSPS) is 16.5. The van der Waals surface area contributed by atoms with Crippen molar-refractivity contribution in [1.29, 1.82) is 0 Å². The molecule has 0 radical (unpaired) electrons. The van der Waals surface area contributed by atoms with E-state index in [9.17, 15) is 0 Å². The van der Waals surface area contributed by atoms with Gasteiger partial charge in [-0.1, -0.05) is 12.8 Å². The summed E-state index contributed by atoms with van der Waals surface area (Å²) >= 11 is 0. The van der Waals surface area contributed by atoms with Crippen LogP contribution in [0.5, 0.6) is 5.75 Å². The molecule has 0 amide bonds. The number of hydrogen-bond donors (Lipinski definition) is 2. The summed E-state index contributed by atoms with van der Waals surface area (Å²) in [6.45, 7) is 3.52. The predicted octanol–water partition coefficient (Wildman–Crippen LogP) is 4.03. The summed E-state index contributed by atoms with van der Waals surface area (Å²) in [6, 6.07) is 7.62. The van der Waals surface area contributed by atoms with Crippen molar-refractivity contribution < 1.29 is 9.47 Å². The van der Waals surface area contributed by atoms with Gasteiger partial charge >= 0.3 is 0 Å². The molecule has 1 aliphatic rings. The largest absolute Gasteiger partial charge is 0.497 e. The number of benzene rings is 1. The van der Waals surface area contributed by atoms with Crippen molar-refractivity contribution in [2.24, 2.45) is 16.6 Å². The molecule has 1 aliphatic carbocycles. The Hall–Kier alpha value is -1.02. The van der Waals surface area contributed by atoms with E-state index in [1.54, 1.807) is 7.11 Å². The molecule has 0 aliphatic heterocycles. The highest BCUT2D eigenvalue weighted by Gasteiger charge is 2.24. The Morgan fingerprint density at radius 2 is 1.96 bits per heavy atom. The van der Waals surface area contributed by atoms with Crippen LogP contribution < -0.4 is 15.8 Å². The van der Waals surface area contributed by atoms with E-state index in [4.69, 9.17) is 15.2 Å². The van der Waals surface area contributed by atoms with Crippen LogP contribution in [0.2, 0.25) is 0 Å². The van der Waals surface area contributed by atoms with Gasteiger partial charge in [0.25, 0.3) is 0 Å². The van der Waals surface area contributed by atoms with Crippen molar-refractivity contribution >= 4 is 35.6 Å². The quantitative estimate of drug-likeness (QED) is 0.359. The summed E-state index contributed by atoms with van der Waals surface area (Å²) in [5, 5.41) is 3.10. The number of nitrogens with one attached hydrogen (secondary N) is 1. The maximum absolute atomic E-state index is 5.96. The van der Waals surface area contributed by atoms with Gasteiger partial charge in [0.15, 0.2) is 5.96 Å². The van der Waals surface area contributed by atoms with Gasteiger partial charge in [0.2, 0.25) is 0 Å². The number of nitrogens with two attached hydrogens (primary N) is 1. The summed E-state index contributed by atoms with van der Waals surface area (Å²) < 4.78 is 11.0. The van der Waals surface area contributed by atoms with E-state index >= 15 is 0 Å². The Balaban J connectivity index is 0.00000288. The lowest BCUT2D eigenvalue weighted by molar-refractivity contribution is 0.0178. The molecule has 1 aromatic carbocycles. The molecule has 6 heteroatoms. The number of halogens is 1. The van der Waals surface area contributed by atoms with Crippen LogP contribution in [0.3, 0.4) is 0 Å². The Bertz CT molecular complexity index is 488. The van der Waals surface area contributed by atoms with Gasteiger partial charge in [0.1, 0.15) is 5.75 Å². The molecule has 0 heterocycles. The lowest BCUT2D eigenvalue weighted by atomic mass is 9.98. The Labute approximate surface area is 162 Å². The van der Waals surface area contributed by atoms with E-state index in [0.29, 0.717) is 24.5 Å². The van der Waals surface area contributed by atoms with Gasteiger partial charge in [-0.25, -0.2) is 0 Å². The van der Waals surface area contributed by atoms with E-state index in [2.05, 4.69) is 17.2 Å². The molecule has 1 saturated carbocycles. The molecular formula is C18H30IN3O2. The maximum atomic E-state index is 5.96. The van der Waals surface area contributed by atoms with E-state index in [0.717, 1.165) is 24.5 Å². The Kier molecular flexibility index (Phi) is 10.1. The summed E-state index contributed by atoms with van der Waals surface area (Å²) in [7, 11) is 1.65. The van der Waals surface area contributed by atoms with Crippen molar-refractivity contribution in [1.82, 2.24) is 0 Å². The van der Waals surface area contributed by atoms with Crippen molar-refractivity contribution in [3.05, 3.63) is 24.3 Å². The highest BCUT2D eigenvalue weighted by molar-refractivity contribution is 14.0. The van der Waals surface area contributed by atoms with Gasteiger partial charge in [0.05, 0.1) is 13.2 Å². The summed E-state index contributed by atoms with van der Waals surface area (Å²) in [4.78, 5) is 4.43. The third-order valence-corrected chi connectivity index (χ3v) is 4.36. The standard InChI is InChI=1S/C18H29N3O2.HI/c1-3-23-17(14-6-4-5-7-14)12-13-20-18(19)21-15-8-10-16(22-2)11-9-15;/h8-11,14,17H,3-7,12-13H2,1-2H3,(H3,19,20,21);1H. The van der Waals surface area contributed by atoms with Crippen LogP contribution in [0, 0.1) is 5.92 Å². The maximum Gasteiger partial charge on any atom is 0.193 e. The first-order chi connectivity index (χ1) is 11.2. The number of ether oxygens (including phenoxy) is 2. The van der Waals surface area contributed by atoms with Crippen molar-refractivity contribution in [2.75, 3.05) is 25.6 Å². The van der Waals surface area contributed by atoms with Gasteiger partial charge in [-0.2, -0.15) is 0 Å². The number of hydrogen-bond acceptors (Lipinski definition) is 3. The highest BCUT2D eigenvalue weighted by Crippen LogP contribution is 2.30. The highest BCUT2D eigenvalue weighted by atomic mass is 127. The van der Waals surface area contributed by atoms with Crippen LogP contribution in [0.15, 0.2) is 29.3 Å². The van der Waals surface area contributed by atoms with Gasteiger partial charge in [-0.15, -0.1) is 24.0 Å². The molecule has 1 aromatic rings. The molecule has 1 unspecified atom stereocenters. The molecule has 2 rings (SSSR count). The minimum Gasteiger partial charge on any atom is -0.497 e. The third-order valence-electron chi connectivity index (χ3n) is 4.36. The number of guanidine groups is 1. The van der Waals surface area contributed by atoms with Crippen LogP contribution in [0.4, 0.5) is 5.69 Å². The zero-order chi connectivity index (χ0) is 16.5. The van der Waals surface area contributed by atoms with Crippen LogP contribution in [0.1, 0.15) is 39.0 Å². The van der Waals surface area contributed by atoms with Gasteiger partial charge in [-0.05, 0) is 56.4 Å². The molecule has 0 aromatic heterocycles. The minimum atomic E-state index is 0. The van der Waals surface area contributed by atoms with E-state index in [-0.39, 0.29) is 24.0 Å². The summed E-state index contributed by atoms with van der Waals surface area (Å²) in [6.07, 6.45) is 6.49. The third kappa shape index (κ3) is 6.84. The zero-order valence-corrected chi connectivity index (χ0v) is 17.0. The molecule has 3 N–H and O–H groups in total. The van der Waals surface area contributed by atoms with Gasteiger partial charge in [-0.3, -0.25) is 4.99 Å². The van der Waals surface area contributed by atoms with Crippen molar-refractivity contribution in [2.45, 2.75) is 45.1 Å². The van der Waals surface area contributed by atoms with Gasteiger partial charge in [0, 0.05) is 18.8 Å². The predicted molar refractivity (Wildman–Crippen MR) is 111 cm³/mol. The lowest BCUT2D eigenvalue weighted by Gasteiger charge is -2.22. The average molecular weight is 447 g/mol. The smallest absolute Gasteiger partial charge is 0.193 e. The monoisotopic (exact) mass is 447 g/mol. The van der Waals surface area contributed by atoms with Crippen molar-refractivity contribution in [3.8, 4) is 5.75 Å². The van der Waals surface area contributed by atoms with Gasteiger partial charge < -0.3 is 20.5 Å². The second-order valence-electron chi connectivity index (χ2n) is 5.95. The van der Waals surface area contributed by atoms with E-state index in [1.807, 2.05) is 24.3 Å². The summed E-state index contributed by atoms with van der Waals surface area (Å²) in [5.74, 6) is 1.96. The van der Waals surface area contributed by atoms with E-state index < -0.39 is 0 Å². The molecule has 136 valence electrons. The zero-order valence-electron chi connectivity index (χ0n) is 14.7. The summed E-state index contributed by atoms with van der Waals surface area (Å²) in [5.41, 5.74) is 6.86.